The first-order chi connectivity index (χ1) is 36.8. The molecule has 0 spiro atoms. The van der Waals surface area contributed by atoms with Crippen LogP contribution >= 0.6 is 0 Å². The predicted molar refractivity (Wildman–Crippen MR) is 316 cm³/mol. The molecule has 478 valence electrons. The minimum absolute atomic E-state index is 0.0113. The number of ether oxygens (including phenoxy) is 4. The highest BCUT2D eigenvalue weighted by molar-refractivity contribution is 6.88. The van der Waals surface area contributed by atoms with Gasteiger partial charge in [0.1, 0.15) is 36.6 Å². The molecule has 2 unspecified atom stereocenters. The molecule has 0 aliphatic rings. The molecule has 0 aromatic rings. The van der Waals surface area contributed by atoms with Gasteiger partial charge in [0.15, 0.2) is 45.5 Å². The van der Waals surface area contributed by atoms with Gasteiger partial charge >= 0.3 is 17.1 Å². The van der Waals surface area contributed by atoms with E-state index < -0.39 is 136 Å². The molecule has 0 bridgehead atoms. The van der Waals surface area contributed by atoms with Crippen molar-refractivity contribution < 1.29 is 106 Å². The average molecular weight is 1260 g/mol. The number of rotatable bonds is 49. The number of aliphatic hydroxyl groups is 12. The van der Waals surface area contributed by atoms with Gasteiger partial charge in [-0.15, -0.1) is 0 Å². The highest BCUT2D eigenvalue weighted by Gasteiger charge is 2.42. The van der Waals surface area contributed by atoms with Crippen molar-refractivity contribution in [1.82, 2.24) is 20.4 Å². The highest BCUT2D eigenvalue weighted by Crippen LogP contribution is 2.27. The lowest BCUT2D eigenvalue weighted by Crippen LogP contribution is -2.53. The van der Waals surface area contributed by atoms with Gasteiger partial charge in [0, 0.05) is 39.3 Å². The third-order valence-electron chi connectivity index (χ3n) is 11.5. The Labute approximate surface area is 483 Å². The normalized spacial score (nSPS) is 17.2. The van der Waals surface area contributed by atoms with Crippen LogP contribution in [0.2, 0.25) is 104 Å². The minimum atomic E-state index is -2.58. The van der Waals surface area contributed by atoms with Crippen molar-refractivity contribution in [3.63, 3.8) is 0 Å². The lowest BCUT2D eigenvalue weighted by atomic mass is 10.0. The summed E-state index contributed by atoms with van der Waals surface area (Å²) in [4.78, 5) is 29.1. The fourth-order valence-corrected chi connectivity index (χ4v) is 33.7. The summed E-state index contributed by atoms with van der Waals surface area (Å²) >= 11 is 0. The molecule has 0 aliphatic heterocycles. The summed E-state index contributed by atoms with van der Waals surface area (Å²) in [5.41, 5.74) is 0. The maximum atomic E-state index is 12.6. The number of hydrogen-bond acceptors (Lipinski definition) is 24. The Morgan fingerprint density at radius 2 is 0.688 bits per heavy atom. The van der Waals surface area contributed by atoms with E-state index in [1.54, 1.807) is 0 Å². The SMILES string of the molecule is C[Si](C)(C)O[Si](C)(CCCN(CCNC(=O)[C@H](O)[C@@H](O)[C@H](O)[C@H](O)CO)CC(O)COCCOCCOCCOCC(O)CN(CCC[Si](C)(O[Si](C)(C)C)O[Si](C)(C)C)CCNC(=O)[C@H](O)[C@@H](O)[C@H](O)[C@H](O)CO)O[Si](C)(C)C. The zero-order chi connectivity index (χ0) is 61.7. The highest BCUT2D eigenvalue weighted by atomic mass is 28.5. The van der Waals surface area contributed by atoms with Crippen LogP contribution in [0.25, 0.3) is 0 Å². The summed E-state index contributed by atoms with van der Waals surface area (Å²) in [5.74, 6) is -1.98. The number of nitrogens with zero attached hydrogens (tertiary/aromatic N) is 2. The maximum absolute atomic E-state index is 12.6. The van der Waals surface area contributed by atoms with Gasteiger partial charge in [-0.25, -0.2) is 0 Å². The maximum Gasteiger partial charge on any atom is 0.314 e. The number of nitrogens with one attached hydrogen (secondary N) is 2. The van der Waals surface area contributed by atoms with E-state index in [9.17, 15) is 60.7 Å². The molecule has 26 nitrogen and oxygen atoms in total. The van der Waals surface area contributed by atoms with E-state index in [0.29, 0.717) is 38.0 Å². The third-order valence-corrected chi connectivity index (χ3v) is 30.7. The second-order valence-corrected chi connectivity index (χ2v) is 50.3. The van der Waals surface area contributed by atoms with Crippen LogP contribution in [-0.4, -0.2) is 313 Å². The molecule has 10 atom stereocenters. The van der Waals surface area contributed by atoms with E-state index in [-0.39, 0.29) is 92.1 Å². The summed E-state index contributed by atoms with van der Waals surface area (Å²) in [5, 5.41) is 125. The third kappa shape index (κ3) is 38.4. The monoisotopic (exact) mass is 1260 g/mol. The van der Waals surface area contributed by atoms with Crippen molar-refractivity contribution in [3.05, 3.63) is 0 Å². The Morgan fingerprint density at radius 3 is 0.950 bits per heavy atom. The molecule has 0 fully saturated rings. The molecule has 0 aromatic carbocycles. The van der Waals surface area contributed by atoms with Crippen LogP contribution in [-0.2, 0) is 45.0 Å². The van der Waals surface area contributed by atoms with Gasteiger partial charge in [0.2, 0.25) is 0 Å². The summed E-state index contributed by atoms with van der Waals surface area (Å²) in [6.07, 6.45) is -16.2. The fraction of sp³-hybridized carbons (Fsp3) is 0.958. The second-order valence-electron chi connectivity index (χ2n) is 24.5. The van der Waals surface area contributed by atoms with Crippen molar-refractivity contribution in [3.8, 4) is 0 Å². The lowest BCUT2D eigenvalue weighted by Gasteiger charge is -2.39. The molecule has 0 radical (unpaired) electrons. The van der Waals surface area contributed by atoms with Gasteiger partial charge < -0.3 is 107 Å². The van der Waals surface area contributed by atoms with E-state index in [0.717, 1.165) is 0 Å². The summed E-state index contributed by atoms with van der Waals surface area (Å²) in [6, 6.07) is 1.39. The summed E-state index contributed by atoms with van der Waals surface area (Å²) in [6.45, 7) is 31.1. The van der Waals surface area contributed by atoms with Crippen LogP contribution in [0.4, 0.5) is 0 Å². The second kappa shape index (κ2) is 39.2. The lowest BCUT2D eigenvalue weighted by molar-refractivity contribution is -0.149. The first-order valence-corrected chi connectivity index (χ1v) is 46.6. The first kappa shape index (κ1) is 79.4. The van der Waals surface area contributed by atoms with Gasteiger partial charge in [-0.1, -0.05) is 0 Å². The number of amides is 2. The fourth-order valence-electron chi connectivity index (χ4n) is 8.61. The van der Waals surface area contributed by atoms with Gasteiger partial charge in [-0.2, -0.15) is 0 Å². The zero-order valence-electron chi connectivity index (χ0n) is 50.7. The van der Waals surface area contributed by atoms with Crippen molar-refractivity contribution in [2.24, 2.45) is 0 Å². The molecule has 0 heterocycles. The quantitative estimate of drug-likeness (QED) is 0.0227. The van der Waals surface area contributed by atoms with Crippen molar-refractivity contribution >= 4 is 62.2 Å². The predicted octanol–water partition coefficient (Wildman–Crippen LogP) is -2.19. The van der Waals surface area contributed by atoms with Crippen LogP contribution < -0.4 is 10.6 Å². The topological polar surface area (TPSA) is 381 Å². The standard InChI is InChI=1S/C48H110N4O22Si6/c1-75(2,3)71-79(13,72-76(4,5)6)29-15-19-51(21-17-49-47(65)45(63)43(61)41(59)39(57)33-53)31-37(55)35-69-27-25-67-23-24-68-26-28-70-36-38(56)32-52(20-16-30-80(14,73-77(7,8)9)74-78(10,11)12)22-18-50-48(66)46(64)44(62)42(60)40(58)34-54/h37-46,53-64H,15-36H2,1-14H3,(H,49,65)(H,50,66)/t37?,38?,39-,40-,41-,42-,43+,44+,45-,46-/m1/s1. The van der Waals surface area contributed by atoms with Crippen LogP contribution in [0.3, 0.4) is 0 Å². The van der Waals surface area contributed by atoms with E-state index in [2.05, 4.69) is 102 Å². The molecule has 0 rings (SSSR count). The molecule has 32 heteroatoms. The molecule has 14 N–H and O–H groups in total. The van der Waals surface area contributed by atoms with Gasteiger partial charge in [0.05, 0.1) is 78.3 Å². The molecule has 0 saturated heterocycles. The van der Waals surface area contributed by atoms with Crippen LogP contribution in [0, 0.1) is 0 Å². The van der Waals surface area contributed by atoms with E-state index >= 15 is 0 Å². The van der Waals surface area contributed by atoms with Crippen molar-refractivity contribution in [2.75, 3.05) is 118 Å². The number of carbonyl (C=O) groups is 2. The van der Waals surface area contributed by atoms with Crippen LogP contribution in [0.1, 0.15) is 12.8 Å². The Hall–Kier alpha value is -0.639. The van der Waals surface area contributed by atoms with Crippen LogP contribution in [0.5, 0.6) is 0 Å². The van der Waals surface area contributed by atoms with Crippen molar-refractivity contribution in [1.29, 1.82) is 0 Å². The molecule has 0 aromatic heterocycles. The summed E-state index contributed by atoms with van der Waals surface area (Å²) < 4.78 is 49.2. The average Bonchev–Trinajstić information content (AvgIpc) is 3.31. The number of aliphatic hydroxyl groups excluding tert-OH is 12. The van der Waals surface area contributed by atoms with Gasteiger partial charge in [0.25, 0.3) is 11.8 Å². The zero-order valence-corrected chi connectivity index (χ0v) is 56.7. The Balaban J connectivity index is 5.19. The number of hydrogen-bond donors (Lipinski definition) is 14. The molecule has 2 amide bonds. The Kier molecular flexibility index (Phi) is 38.9. The Bertz CT molecular complexity index is 1510. The number of carbonyl (C=O) groups excluding carboxylic acids is 2. The Morgan fingerprint density at radius 1 is 0.412 bits per heavy atom. The van der Waals surface area contributed by atoms with Gasteiger partial charge in [-0.3, -0.25) is 19.4 Å². The van der Waals surface area contributed by atoms with Gasteiger partial charge in [-0.05, 0) is 130 Å². The van der Waals surface area contributed by atoms with E-state index in [1.165, 1.54) is 0 Å². The van der Waals surface area contributed by atoms with E-state index in [1.807, 2.05) is 9.80 Å². The first-order valence-electron chi connectivity index (χ1n) is 27.9. The largest absolute Gasteiger partial charge is 0.437 e. The molecular formula is C48H110N4O22Si6. The summed E-state index contributed by atoms with van der Waals surface area (Å²) in [7, 11) is -13.0. The smallest absolute Gasteiger partial charge is 0.314 e. The van der Waals surface area contributed by atoms with E-state index in [4.69, 9.17) is 45.6 Å². The molecular weight excluding hydrogens is 1150 g/mol. The van der Waals surface area contributed by atoms with Crippen molar-refractivity contribution in [2.45, 2.75) is 178 Å². The van der Waals surface area contributed by atoms with Crippen LogP contribution in [0.15, 0.2) is 0 Å². The molecule has 0 aliphatic carbocycles. The molecule has 80 heavy (non-hydrogen) atoms. The molecule has 0 saturated carbocycles. The minimum Gasteiger partial charge on any atom is -0.437 e.